The van der Waals surface area contributed by atoms with Crippen molar-refractivity contribution in [2.24, 2.45) is 16.8 Å². The monoisotopic (exact) mass is 908 g/mol. The van der Waals surface area contributed by atoms with Crippen LogP contribution in [-0.4, -0.2) is 37.8 Å². The number of fused-ring (bicyclic) bond motifs is 2. The molecule has 64 heavy (non-hydrogen) atoms. The number of hydrogen-bond acceptors (Lipinski definition) is 9. The Morgan fingerprint density at radius 2 is 1.20 bits per heavy atom. The van der Waals surface area contributed by atoms with Gasteiger partial charge in [-0.3, -0.25) is 18.7 Å². The maximum Gasteiger partial charge on any atom is 0.296 e. The number of rotatable bonds is 14. The first kappa shape index (κ1) is 47.6. The van der Waals surface area contributed by atoms with Crippen molar-refractivity contribution in [3.05, 3.63) is 105 Å². The Kier molecular flexibility index (Phi) is 13.9. The maximum absolute atomic E-state index is 13.3. The van der Waals surface area contributed by atoms with Gasteiger partial charge in [0.05, 0.1) is 16.7 Å². The molecular formula is C49H56N4O9S2. The van der Waals surface area contributed by atoms with Gasteiger partial charge in [-0.05, 0) is 112 Å². The summed E-state index contributed by atoms with van der Waals surface area (Å²) in [6.07, 6.45) is 3.15. The zero-order valence-electron chi connectivity index (χ0n) is 37.8. The average molecular weight is 909 g/mol. The summed E-state index contributed by atoms with van der Waals surface area (Å²) in [7, 11) is -9.78. The van der Waals surface area contributed by atoms with Gasteiger partial charge in [0.2, 0.25) is 11.8 Å². The highest BCUT2D eigenvalue weighted by Gasteiger charge is 2.28. The zero-order chi connectivity index (χ0) is 47.0. The molecule has 2 aliphatic rings. The van der Waals surface area contributed by atoms with E-state index in [2.05, 4.69) is 16.0 Å². The van der Waals surface area contributed by atoms with E-state index in [1.165, 1.54) is 30.3 Å². The summed E-state index contributed by atoms with van der Waals surface area (Å²) in [4.78, 5) is 30.3. The number of amides is 2. The molecule has 0 spiro atoms. The molecule has 4 aromatic rings. The molecule has 2 unspecified atom stereocenters. The summed E-state index contributed by atoms with van der Waals surface area (Å²) < 4.78 is 80.1. The van der Waals surface area contributed by atoms with Gasteiger partial charge in [-0.2, -0.15) is 16.8 Å². The smallest absolute Gasteiger partial charge is 0.296 e. The van der Waals surface area contributed by atoms with Crippen molar-refractivity contribution in [3.63, 3.8) is 0 Å². The normalized spacial score (nSPS) is 13.3. The molecule has 15 heteroatoms. The van der Waals surface area contributed by atoms with Gasteiger partial charge in [-0.1, -0.05) is 70.9 Å². The summed E-state index contributed by atoms with van der Waals surface area (Å²) in [6.45, 7) is 19.0. The van der Waals surface area contributed by atoms with Crippen LogP contribution in [0.25, 0.3) is 33.4 Å². The molecule has 2 atom stereocenters. The summed E-state index contributed by atoms with van der Waals surface area (Å²) in [5.41, 5.74) is 7.64. The topological polar surface area (TPSA) is 204 Å². The summed E-state index contributed by atoms with van der Waals surface area (Å²) in [6, 6.07) is 17.2. The van der Waals surface area contributed by atoms with Gasteiger partial charge in [0.15, 0.2) is 0 Å². The molecule has 1 aliphatic heterocycles. The van der Waals surface area contributed by atoms with Crippen molar-refractivity contribution >= 4 is 71.5 Å². The Morgan fingerprint density at radius 1 is 0.656 bits per heavy atom. The predicted molar refractivity (Wildman–Crippen MR) is 253 cm³/mol. The Labute approximate surface area is 375 Å². The van der Waals surface area contributed by atoms with Crippen molar-refractivity contribution in [2.45, 2.75) is 105 Å². The van der Waals surface area contributed by atoms with Gasteiger partial charge < -0.3 is 20.4 Å². The van der Waals surface area contributed by atoms with Crippen LogP contribution in [0.5, 0.6) is 0 Å². The summed E-state index contributed by atoms with van der Waals surface area (Å²) in [5.74, 6) is -0.426. The van der Waals surface area contributed by atoms with Crippen LogP contribution < -0.4 is 21.3 Å². The van der Waals surface area contributed by atoms with E-state index in [0.717, 1.165) is 47.1 Å². The van der Waals surface area contributed by atoms with Crippen LogP contribution in [0.4, 0.5) is 28.4 Å². The largest absolute Gasteiger partial charge is 0.456 e. The first-order valence-electron chi connectivity index (χ1n) is 21.3. The third kappa shape index (κ3) is 9.77. The van der Waals surface area contributed by atoms with E-state index in [1.54, 1.807) is 31.2 Å². The molecule has 4 aromatic carbocycles. The molecule has 13 nitrogen and oxygen atoms in total. The van der Waals surface area contributed by atoms with Crippen LogP contribution in [-0.2, 0) is 29.8 Å². The Hall–Kier alpha value is -5.87. The molecule has 1 aliphatic carbocycles. The Bertz CT molecular complexity index is 3100. The number of aryl methyl sites for hydroxylation is 4. The lowest BCUT2D eigenvalue weighted by Crippen LogP contribution is -2.21. The molecular weight excluding hydrogens is 853 g/mol. The second-order valence-corrected chi connectivity index (χ2v) is 19.6. The third-order valence-corrected chi connectivity index (χ3v) is 13.6. The lowest BCUT2D eigenvalue weighted by Gasteiger charge is -2.22. The lowest BCUT2D eigenvalue weighted by atomic mass is 9.93. The number of carbonyl (C=O) groups excluding carboxylic acids is 2. The summed E-state index contributed by atoms with van der Waals surface area (Å²) in [5, 5.41) is 9.93. The van der Waals surface area contributed by atoms with E-state index in [4.69, 9.17) is 9.41 Å². The zero-order valence-corrected chi connectivity index (χ0v) is 39.5. The van der Waals surface area contributed by atoms with Gasteiger partial charge in [0.25, 0.3) is 20.2 Å². The van der Waals surface area contributed by atoms with Gasteiger partial charge in [0, 0.05) is 63.1 Å². The first-order chi connectivity index (χ1) is 30.0. The van der Waals surface area contributed by atoms with Crippen molar-refractivity contribution in [2.75, 3.05) is 16.0 Å². The molecule has 5 N–H and O–H groups in total. The number of nitrogens with zero attached hydrogens (tertiary/aromatic N) is 1. The van der Waals surface area contributed by atoms with E-state index in [1.807, 2.05) is 74.4 Å². The lowest BCUT2D eigenvalue weighted by molar-refractivity contribution is -0.120. The fraction of sp³-hybridized carbons (Fsp3) is 0.327. The average Bonchev–Trinajstić information content (AvgIpc) is 3.22. The molecule has 0 fully saturated rings. The maximum atomic E-state index is 13.3. The second kappa shape index (κ2) is 18.7. The molecule has 0 saturated carbocycles. The van der Waals surface area contributed by atoms with E-state index < -0.39 is 30.0 Å². The third-order valence-electron chi connectivity index (χ3n) is 11.8. The fourth-order valence-corrected chi connectivity index (χ4v) is 9.82. The van der Waals surface area contributed by atoms with E-state index in [9.17, 15) is 35.5 Å². The summed E-state index contributed by atoms with van der Waals surface area (Å²) >= 11 is 0. The van der Waals surface area contributed by atoms with Crippen LogP contribution in [0.2, 0.25) is 0 Å². The highest BCUT2D eigenvalue weighted by molar-refractivity contribution is 7.86. The molecule has 0 aromatic heterocycles. The van der Waals surface area contributed by atoms with Gasteiger partial charge in [0.1, 0.15) is 21.1 Å². The highest BCUT2D eigenvalue weighted by atomic mass is 32.2. The van der Waals surface area contributed by atoms with Crippen LogP contribution in [0.15, 0.2) is 85.9 Å². The van der Waals surface area contributed by atoms with E-state index in [-0.39, 0.29) is 57.2 Å². The number of hydrogen-bond donors (Lipinski definition) is 5. The molecule has 338 valence electrons. The van der Waals surface area contributed by atoms with Gasteiger partial charge >= 0.3 is 0 Å². The molecule has 0 saturated heterocycles. The first-order valence-corrected chi connectivity index (χ1v) is 24.2. The molecule has 1 heterocycles. The van der Waals surface area contributed by atoms with Crippen molar-refractivity contribution in [3.8, 4) is 22.5 Å². The minimum absolute atomic E-state index is 0.0494. The van der Waals surface area contributed by atoms with Crippen molar-refractivity contribution in [1.29, 1.82) is 0 Å². The number of anilines is 4. The molecule has 0 radical (unpaired) electrons. The minimum atomic E-state index is -4.97. The molecule has 2 amide bonds. The second-order valence-electron chi connectivity index (χ2n) is 16.8. The van der Waals surface area contributed by atoms with Gasteiger partial charge in [-0.15, -0.1) is 0 Å². The van der Waals surface area contributed by atoms with E-state index in [0.29, 0.717) is 45.7 Å². The van der Waals surface area contributed by atoms with Crippen molar-refractivity contribution in [1.82, 2.24) is 0 Å². The fourth-order valence-electron chi connectivity index (χ4n) is 8.47. The minimum Gasteiger partial charge on any atom is -0.456 e. The highest BCUT2D eigenvalue weighted by Crippen LogP contribution is 2.45. The number of carbonyl (C=O) groups is 2. The number of benzene rings is 5. The SMILES string of the molecule is CCCC(C)C(=O)Nc1c(C)cc(C)c(/N=c2/ccc3c(-c4ccccc4S(=O)(=O)O)c4cc(S(=O)(=O)O)c(Nc5c(C)cc(C)c(NC(=O)C(C)CCC)c5C)cc4oc-3c2)c1C. The molecule has 0 bridgehead atoms. The standard InChI is InChI=1S/C49H56N4O9S2/c1-11-15-26(3)48(54)52-46-30(7)21-28(5)44(32(46)9)50-34-19-20-35-39(23-34)62-40-25-38(51-45-29(6)22-31(8)47(33(45)10)53-49(55)27(4)16-12-2)42(64(59,60)61)24-37(40)43(35)36-17-13-14-18-41(36)63(56,57)58/h13-14,17-27,51H,11-12,15-16H2,1-10H3,(H,52,54)(H,53,55)(H,56,57,58)(H,59,60,61)/b50-34-. The quantitative estimate of drug-likeness (QED) is 0.0516. The Balaban J connectivity index is 1.62. The van der Waals surface area contributed by atoms with Gasteiger partial charge in [-0.25, -0.2) is 4.99 Å². The predicted octanol–water partition coefficient (Wildman–Crippen LogP) is 11.3. The van der Waals surface area contributed by atoms with Crippen LogP contribution in [0.1, 0.15) is 86.8 Å². The van der Waals surface area contributed by atoms with Crippen LogP contribution in [0.3, 0.4) is 0 Å². The Morgan fingerprint density at radius 3 is 1.78 bits per heavy atom. The number of nitrogens with one attached hydrogen (secondary N) is 3. The van der Waals surface area contributed by atoms with Crippen LogP contribution in [0, 0.1) is 53.4 Å². The van der Waals surface area contributed by atoms with E-state index >= 15 is 0 Å². The molecule has 6 rings (SSSR count). The van der Waals surface area contributed by atoms with Crippen LogP contribution >= 0.6 is 0 Å². The van der Waals surface area contributed by atoms with Crippen molar-refractivity contribution < 1.29 is 39.9 Å².